The van der Waals surface area contributed by atoms with Crippen LogP contribution in [0.3, 0.4) is 0 Å². The van der Waals surface area contributed by atoms with Gasteiger partial charge >= 0.3 is 5.69 Å². The lowest BCUT2D eigenvalue weighted by molar-refractivity contribution is 0.314. The van der Waals surface area contributed by atoms with Gasteiger partial charge in [0.15, 0.2) is 0 Å². The zero-order valence-electron chi connectivity index (χ0n) is 17.6. The molecule has 0 bridgehead atoms. The number of benzene rings is 2. The Bertz CT molecular complexity index is 1250. The van der Waals surface area contributed by atoms with Gasteiger partial charge in [0.05, 0.1) is 12.3 Å². The molecule has 0 saturated carbocycles. The van der Waals surface area contributed by atoms with Gasteiger partial charge in [0.25, 0.3) is 0 Å². The number of hydrogen-bond acceptors (Lipinski definition) is 3. The predicted octanol–water partition coefficient (Wildman–Crippen LogP) is 3.12. The molecule has 0 aliphatic carbocycles. The first kappa shape index (κ1) is 21.5. The Hall–Kier alpha value is -2.71. The summed E-state index contributed by atoms with van der Waals surface area (Å²) in [5.41, 5.74) is 2.37. The molecule has 0 spiro atoms. The summed E-state index contributed by atoms with van der Waals surface area (Å²) >= 11 is 0. The van der Waals surface area contributed by atoms with Crippen LogP contribution in [0.1, 0.15) is 30.6 Å². The standard InChI is InChI=1S/C23H26FN3O3S/c1-3-26-15-18-12-13-20(25-31(2,29)30)21(27(18)23(26)28)14-17-10-7-11-19(22(17)24)16-8-5-4-6-9-16/h4-11,15,20-21,25H,3,12-14H2,1-2H3/t20-,21-/m0/s1. The molecule has 164 valence electrons. The van der Waals surface area contributed by atoms with E-state index in [0.717, 1.165) is 17.5 Å². The lowest BCUT2D eigenvalue weighted by Crippen LogP contribution is -2.47. The summed E-state index contributed by atoms with van der Waals surface area (Å²) in [6, 6.07) is 13.5. The molecule has 8 heteroatoms. The van der Waals surface area contributed by atoms with E-state index in [-0.39, 0.29) is 17.9 Å². The highest BCUT2D eigenvalue weighted by atomic mass is 32.2. The number of halogens is 1. The summed E-state index contributed by atoms with van der Waals surface area (Å²) < 4.78 is 45.4. The number of rotatable bonds is 6. The zero-order valence-corrected chi connectivity index (χ0v) is 18.4. The van der Waals surface area contributed by atoms with Crippen LogP contribution in [0.2, 0.25) is 0 Å². The first-order valence-corrected chi connectivity index (χ1v) is 12.3. The highest BCUT2D eigenvalue weighted by Crippen LogP contribution is 2.31. The minimum Gasteiger partial charge on any atom is -0.299 e. The second-order valence-corrected chi connectivity index (χ2v) is 9.79. The molecule has 2 aromatic carbocycles. The summed E-state index contributed by atoms with van der Waals surface area (Å²) in [5.74, 6) is -0.345. The van der Waals surface area contributed by atoms with E-state index in [9.17, 15) is 13.2 Å². The van der Waals surface area contributed by atoms with Gasteiger partial charge in [0.1, 0.15) is 5.82 Å². The van der Waals surface area contributed by atoms with E-state index in [1.807, 2.05) is 43.5 Å². The molecule has 1 aliphatic heterocycles. The third kappa shape index (κ3) is 4.36. The first-order chi connectivity index (χ1) is 14.8. The quantitative estimate of drug-likeness (QED) is 0.636. The number of imidazole rings is 1. The van der Waals surface area contributed by atoms with Crippen molar-refractivity contribution in [3.8, 4) is 11.1 Å². The average Bonchev–Trinajstić information content (AvgIpc) is 3.06. The molecule has 2 atom stereocenters. The second kappa shape index (κ2) is 8.43. The topological polar surface area (TPSA) is 73.1 Å². The molecular weight excluding hydrogens is 417 g/mol. The number of nitrogens with zero attached hydrogens (tertiary/aromatic N) is 2. The molecule has 1 N–H and O–H groups in total. The molecule has 0 saturated heterocycles. The Morgan fingerprint density at radius 3 is 2.55 bits per heavy atom. The summed E-state index contributed by atoms with van der Waals surface area (Å²) in [4.78, 5) is 13.0. The number of fused-ring (bicyclic) bond motifs is 1. The van der Waals surface area contributed by atoms with Crippen molar-refractivity contribution in [2.45, 2.75) is 44.8 Å². The number of aryl methyl sites for hydroxylation is 2. The number of sulfonamides is 1. The lowest BCUT2D eigenvalue weighted by Gasteiger charge is -2.33. The fourth-order valence-corrected chi connectivity index (χ4v) is 5.27. The van der Waals surface area contributed by atoms with Gasteiger partial charge in [-0.15, -0.1) is 0 Å². The van der Waals surface area contributed by atoms with Crippen LogP contribution < -0.4 is 10.4 Å². The van der Waals surface area contributed by atoms with Gasteiger partial charge in [0, 0.05) is 30.0 Å². The van der Waals surface area contributed by atoms with Gasteiger partial charge in [-0.2, -0.15) is 0 Å². The predicted molar refractivity (Wildman–Crippen MR) is 119 cm³/mol. The van der Waals surface area contributed by atoms with Crippen LogP contribution in [0.4, 0.5) is 4.39 Å². The fourth-order valence-electron chi connectivity index (χ4n) is 4.45. The number of hydrogen-bond donors (Lipinski definition) is 1. The van der Waals surface area contributed by atoms with E-state index < -0.39 is 22.1 Å². The molecule has 6 nitrogen and oxygen atoms in total. The van der Waals surface area contributed by atoms with Gasteiger partial charge in [-0.3, -0.25) is 9.13 Å². The Labute approximate surface area is 181 Å². The minimum absolute atomic E-state index is 0.192. The van der Waals surface area contributed by atoms with Gasteiger partial charge in [-0.05, 0) is 37.3 Å². The molecule has 4 rings (SSSR count). The molecule has 0 unspecified atom stereocenters. The van der Waals surface area contributed by atoms with E-state index in [1.54, 1.807) is 27.3 Å². The van der Waals surface area contributed by atoms with Crippen molar-refractivity contribution in [3.63, 3.8) is 0 Å². The van der Waals surface area contributed by atoms with Crippen molar-refractivity contribution < 1.29 is 12.8 Å². The van der Waals surface area contributed by atoms with Gasteiger partial charge in [-0.25, -0.2) is 22.3 Å². The highest BCUT2D eigenvalue weighted by molar-refractivity contribution is 7.88. The third-order valence-electron chi connectivity index (χ3n) is 5.87. The first-order valence-electron chi connectivity index (χ1n) is 10.4. The molecule has 0 radical (unpaired) electrons. The van der Waals surface area contributed by atoms with Crippen LogP contribution in [0.5, 0.6) is 0 Å². The van der Waals surface area contributed by atoms with E-state index in [2.05, 4.69) is 4.72 Å². The van der Waals surface area contributed by atoms with Crippen molar-refractivity contribution in [2.24, 2.45) is 0 Å². The van der Waals surface area contributed by atoms with Crippen molar-refractivity contribution in [1.82, 2.24) is 13.9 Å². The van der Waals surface area contributed by atoms with E-state index >= 15 is 4.39 Å². The molecule has 2 heterocycles. The minimum atomic E-state index is -3.49. The molecule has 0 fully saturated rings. The lowest BCUT2D eigenvalue weighted by atomic mass is 9.91. The van der Waals surface area contributed by atoms with Gasteiger partial charge in [-0.1, -0.05) is 48.5 Å². The van der Waals surface area contributed by atoms with E-state index in [0.29, 0.717) is 30.5 Å². The maximum Gasteiger partial charge on any atom is 0.328 e. The monoisotopic (exact) mass is 443 g/mol. The molecular formula is C23H26FN3O3S. The van der Waals surface area contributed by atoms with Crippen molar-refractivity contribution >= 4 is 10.0 Å². The number of aromatic nitrogens is 2. The van der Waals surface area contributed by atoms with Crippen molar-refractivity contribution in [1.29, 1.82) is 0 Å². The smallest absolute Gasteiger partial charge is 0.299 e. The van der Waals surface area contributed by atoms with Crippen molar-refractivity contribution in [3.05, 3.63) is 82.3 Å². The Morgan fingerprint density at radius 2 is 1.87 bits per heavy atom. The Morgan fingerprint density at radius 1 is 1.13 bits per heavy atom. The molecule has 3 aromatic rings. The SMILES string of the molecule is CCn1cc2n(c1=O)[C@@H](Cc1cccc(-c3ccccc3)c1F)[C@@H](NS(C)(=O)=O)CC2. The van der Waals surface area contributed by atoms with Crippen LogP contribution in [-0.2, 0) is 29.4 Å². The fraction of sp³-hybridized carbons (Fsp3) is 0.348. The molecule has 1 aromatic heterocycles. The largest absolute Gasteiger partial charge is 0.328 e. The van der Waals surface area contributed by atoms with Crippen LogP contribution in [0.15, 0.2) is 59.5 Å². The van der Waals surface area contributed by atoms with Gasteiger partial charge < -0.3 is 0 Å². The molecule has 0 amide bonds. The Balaban J connectivity index is 1.78. The summed E-state index contributed by atoms with van der Waals surface area (Å²) in [6.07, 6.45) is 4.27. The third-order valence-corrected chi connectivity index (χ3v) is 6.60. The van der Waals surface area contributed by atoms with Gasteiger partial charge in [0.2, 0.25) is 10.0 Å². The Kier molecular flexibility index (Phi) is 5.85. The van der Waals surface area contributed by atoms with Crippen molar-refractivity contribution in [2.75, 3.05) is 6.26 Å². The second-order valence-electron chi connectivity index (χ2n) is 8.01. The maximum atomic E-state index is 15.5. The summed E-state index contributed by atoms with van der Waals surface area (Å²) in [6.45, 7) is 2.41. The van der Waals surface area contributed by atoms with E-state index in [1.165, 1.54) is 0 Å². The van der Waals surface area contributed by atoms with Crippen LogP contribution in [0, 0.1) is 5.82 Å². The maximum absolute atomic E-state index is 15.5. The summed E-state index contributed by atoms with van der Waals surface area (Å²) in [7, 11) is -3.49. The molecule has 1 aliphatic rings. The van der Waals surface area contributed by atoms with Crippen LogP contribution >= 0.6 is 0 Å². The van der Waals surface area contributed by atoms with Crippen LogP contribution in [-0.4, -0.2) is 29.8 Å². The number of nitrogens with one attached hydrogen (secondary N) is 1. The van der Waals surface area contributed by atoms with E-state index in [4.69, 9.17) is 0 Å². The van der Waals surface area contributed by atoms with Crippen LogP contribution in [0.25, 0.3) is 11.1 Å². The molecule has 31 heavy (non-hydrogen) atoms. The zero-order chi connectivity index (χ0) is 22.2. The summed E-state index contributed by atoms with van der Waals surface area (Å²) in [5, 5.41) is 0. The normalized spacial score (nSPS) is 18.7. The highest BCUT2D eigenvalue weighted by Gasteiger charge is 2.34. The average molecular weight is 444 g/mol.